The van der Waals surface area contributed by atoms with E-state index in [4.69, 9.17) is 0 Å². The summed E-state index contributed by atoms with van der Waals surface area (Å²) >= 11 is 0. The van der Waals surface area contributed by atoms with Gasteiger partial charge in [-0.25, -0.2) is 8.78 Å². The van der Waals surface area contributed by atoms with Gasteiger partial charge in [-0.15, -0.1) is 0 Å². The van der Waals surface area contributed by atoms with Crippen molar-refractivity contribution in [1.29, 1.82) is 0 Å². The number of benzene rings is 1. The molecule has 114 valence electrons. The second-order valence-electron chi connectivity index (χ2n) is 6.13. The van der Waals surface area contributed by atoms with Crippen LogP contribution >= 0.6 is 0 Å². The Morgan fingerprint density at radius 3 is 2.57 bits per heavy atom. The van der Waals surface area contributed by atoms with Crippen molar-refractivity contribution >= 4 is 5.91 Å². The highest BCUT2D eigenvalue weighted by molar-refractivity contribution is 5.81. The van der Waals surface area contributed by atoms with Crippen molar-refractivity contribution in [3.63, 3.8) is 0 Å². The van der Waals surface area contributed by atoms with Crippen molar-refractivity contribution in [2.24, 2.45) is 5.92 Å². The minimum Gasteiger partial charge on any atom is -0.352 e. The van der Waals surface area contributed by atoms with Crippen LogP contribution in [0.5, 0.6) is 0 Å². The van der Waals surface area contributed by atoms with E-state index in [1.807, 2.05) is 0 Å². The van der Waals surface area contributed by atoms with Crippen LogP contribution in [0.2, 0.25) is 0 Å². The third kappa shape index (κ3) is 4.00. The van der Waals surface area contributed by atoms with Crippen LogP contribution in [0.4, 0.5) is 8.78 Å². The van der Waals surface area contributed by atoms with E-state index in [0.717, 1.165) is 44.8 Å². The van der Waals surface area contributed by atoms with Gasteiger partial charge in [-0.2, -0.15) is 0 Å². The predicted octanol–water partition coefficient (Wildman–Crippen LogP) is 2.46. The minimum absolute atomic E-state index is 0.158. The number of nitrogens with one attached hydrogen (secondary N) is 1. The van der Waals surface area contributed by atoms with Gasteiger partial charge in [0.25, 0.3) is 0 Å². The van der Waals surface area contributed by atoms with E-state index in [9.17, 15) is 13.6 Å². The van der Waals surface area contributed by atoms with Gasteiger partial charge in [0.15, 0.2) is 0 Å². The maximum Gasteiger partial charge on any atom is 0.223 e. The fourth-order valence-corrected chi connectivity index (χ4v) is 2.94. The van der Waals surface area contributed by atoms with E-state index in [1.54, 1.807) is 0 Å². The number of nitrogens with zero attached hydrogens (tertiary/aromatic N) is 1. The van der Waals surface area contributed by atoms with E-state index in [-0.39, 0.29) is 17.9 Å². The van der Waals surface area contributed by atoms with Gasteiger partial charge in [0.2, 0.25) is 5.91 Å². The van der Waals surface area contributed by atoms with Crippen LogP contribution in [-0.4, -0.2) is 29.9 Å². The first-order valence-corrected chi connectivity index (χ1v) is 7.58. The molecule has 1 saturated heterocycles. The molecule has 21 heavy (non-hydrogen) atoms. The molecule has 1 N–H and O–H groups in total. The summed E-state index contributed by atoms with van der Waals surface area (Å²) in [7, 11) is 0. The molecule has 1 unspecified atom stereocenters. The highest BCUT2D eigenvalue weighted by atomic mass is 19.1. The first-order valence-electron chi connectivity index (χ1n) is 7.58. The van der Waals surface area contributed by atoms with Crippen molar-refractivity contribution in [2.75, 3.05) is 13.1 Å². The average molecular weight is 294 g/mol. The van der Waals surface area contributed by atoms with Gasteiger partial charge in [-0.05, 0) is 49.9 Å². The van der Waals surface area contributed by atoms with Gasteiger partial charge in [0.05, 0.1) is 0 Å². The third-order valence-electron chi connectivity index (χ3n) is 4.13. The quantitative estimate of drug-likeness (QED) is 0.925. The number of carbonyl (C=O) groups excluding carboxylic acids is 1. The second kappa shape index (κ2) is 6.10. The van der Waals surface area contributed by atoms with E-state index in [0.29, 0.717) is 12.1 Å². The first kappa shape index (κ1) is 14.4. The van der Waals surface area contributed by atoms with Crippen molar-refractivity contribution in [1.82, 2.24) is 10.2 Å². The Bertz CT molecular complexity index is 511. The van der Waals surface area contributed by atoms with Gasteiger partial charge < -0.3 is 5.32 Å². The third-order valence-corrected chi connectivity index (χ3v) is 4.13. The highest BCUT2D eigenvalue weighted by Crippen LogP contribution is 2.29. The van der Waals surface area contributed by atoms with Crippen molar-refractivity contribution < 1.29 is 13.6 Å². The molecule has 5 heteroatoms. The van der Waals surface area contributed by atoms with Gasteiger partial charge in [0, 0.05) is 31.1 Å². The van der Waals surface area contributed by atoms with Crippen LogP contribution in [-0.2, 0) is 11.3 Å². The molecule has 2 aliphatic rings. The van der Waals surface area contributed by atoms with E-state index in [2.05, 4.69) is 10.2 Å². The lowest BCUT2D eigenvalue weighted by Gasteiger charge is -2.33. The van der Waals surface area contributed by atoms with E-state index >= 15 is 0 Å². The molecule has 0 bridgehead atoms. The summed E-state index contributed by atoms with van der Waals surface area (Å²) in [5, 5.41) is 3.09. The first-order chi connectivity index (χ1) is 10.1. The molecule has 3 rings (SSSR count). The monoisotopic (exact) mass is 294 g/mol. The number of hydrogen-bond donors (Lipinski definition) is 1. The minimum atomic E-state index is -0.541. The molecular weight excluding hydrogens is 274 g/mol. The standard InChI is InChI=1S/C16H20F2N2O/c17-13-6-11(7-14(18)8-13)9-20-5-1-2-15(10-20)19-16(21)12-3-4-12/h6-8,12,15H,1-5,9-10H2,(H,19,21). The zero-order valence-electron chi connectivity index (χ0n) is 11.9. The lowest BCUT2D eigenvalue weighted by molar-refractivity contribution is -0.123. The number of carbonyl (C=O) groups is 1. The Hall–Kier alpha value is -1.49. The second-order valence-corrected chi connectivity index (χ2v) is 6.13. The summed E-state index contributed by atoms with van der Waals surface area (Å²) in [6.07, 6.45) is 3.98. The molecular formula is C16H20F2N2O. The van der Waals surface area contributed by atoms with Crippen LogP contribution < -0.4 is 5.32 Å². The molecule has 1 aromatic rings. The summed E-state index contributed by atoms with van der Waals surface area (Å²) in [6, 6.07) is 3.79. The van der Waals surface area contributed by atoms with Gasteiger partial charge in [0.1, 0.15) is 11.6 Å². The van der Waals surface area contributed by atoms with Crippen molar-refractivity contribution in [3.05, 3.63) is 35.4 Å². The molecule has 1 amide bonds. The molecule has 0 aromatic heterocycles. The average Bonchev–Trinajstić information content (AvgIpc) is 3.21. The molecule has 2 fully saturated rings. The van der Waals surface area contributed by atoms with Crippen LogP contribution in [0.3, 0.4) is 0 Å². The van der Waals surface area contributed by atoms with Crippen molar-refractivity contribution in [2.45, 2.75) is 38.3 Å². The van der Waals surface area contributed by atoms with E-state index < -0.39 is 11.6 Å². The predicted molar refractivity (Wildman–Crippen MR) is 75.5 cm³/mol. The topological polar surface area (TPSA) is 32.3 Å². The Morgan fingerprint density at radius 1 is 1.19 bits per heavy atom. The molecule has 1 atom stereocenters. The zero-order chi connectivity index (χ0) is 14.8. The van der Waals surface area contributed by atoms with Crippen molar-refractivity contribution in [3.8, 4) is 0 Å². The van der Waals surface area contributed by atoms with Crippen LogP contribution in [0.15, 0.2) is 18.2 Å². The lowest BCUT2D eigenvalue weighted by Crippen LogP contribution is -2.47. The fraction of sp³-hybridized carbons (Fsp3) is 0.562. The molecule has 0 radical (unpaired) electrons. The molecule has 1 aromatic carbocycles. The number of halogens is 2. The van der Waals surface area contributed by atoms with Gasteiger partial charge >= 0.3 is 0 Å². The number of likely N-dealkylation sites (tertiary alicyclic amines) is 1. The fourth-order valence-electron chi connectivity index (χ4n) is 2.94. The Labute approximate surface area is 123 Å². The number of amides is 1. The van der Waals surface area contributed by atoms with Crippen LogP contribution in [0.1, 0.15) is 31.2 Å². The highest BCUT2D eigenvalue weighted by Gasteiger charge is 2.32. The summed E-state index contributed by atoms with van der Waals surface area (Å²) in [5.74, 6) is -0.697. The summed E-state index contributed by atoms with van der Waals surface area (Å²) in [4.78, 5) is 13.9. The Morgan fingerprint density at radius 2 is 1.90 bits per heavy atom. The maximum atomic E-state index is 13.2. The summed E-state index contributed by atoms with van der Waals surface area (Å²) in [5.41, 5.74) is 0.640. The lowest BCUT2D eigenvalue weighted by atomic mass is 10.0. The molecule has 1 heterocycles. The van der Waals surface area contributed by atoms with Gasteiger partial charge in [-0.3, -0.25) is 9.69 Å². The number of rotatable bonds is 4. The summed E-state index contributed by atoms with van der Waals surface area (Å²) < 4.78 is 26.4. The molecule has 1 saturated carbocycles. The largest absolute Gasteiger partial charge is 0.352 e. The Balaban J connectivity index is 1.56. The molecule has 0 spiro atoms. The SMILES string of the molecule is O=C(NC1CCCN(Cc2cc(F)cc(F)c2)C1)C1CC1. The van der Waals surface area contributed by atoms with Crippen LogP contribution in [0.25, 0.3) is 0 Å². The van der Waals surface area contributed by atoms with Gasteiger partial charge in [-0.1, -0.05) is 0 Å². The van der Waals surface area contributed by atoms with Crippen LogP contribution in [0, 0.1) is 17.6 Å². The maximum absolute atomic E-state index is 13.2. The number of piperidine rings is 1. The zero-order valence-corrected chi connectivity index (χ0v) is 11.9. The molecule has 3 nitrogen and oxygen atoms in total. The number of hydrogen-bond acceptors (Lipinski definition) is 2. The Kier molecular flexibility index (Phi) is 4.19. The normalized spacial score (nSPS) is 23.0. The molecule has 1 aliphatic heterocycles. The smallest absolute Gasteiger partial charge is 0.223 e. The summed E-state index contributed by atoms with van der Waals surface area (Å²) in [6.45, 7) is 2.16. The molecule has 1 aliphatic carbocycles. The van der Waals surface area contributed by atoms with E-state index in [1.165, 1.54) is 12.1 Å².